The van der Waals surface area contributed by atoms with Crippen molar-refractivity contribution in [2.75, 3.05) is 28.4 Å². The van der Waals surface area contributed by atoms with Crippen LogP contribution in [0.4, 0.5) is 0 Å². The Labute approximate surface area is 504 Å². The first-order valence-electron chi connectivity index (χ1n) is 31.6. The summed E-state index contributed by atoms with van der Waals surface area (Å²) in [4.78, 5) is 38.3. The van der Waals surface area contributed by atoms with E-state index in [0.29, 0.717) is 57.8 Å². The molecule has 7 aliphatic rings. The van der Waals surface area contributed by atoms with Crippen molar-refractivity contribution in [3.05, 3.63) is 11.6 Å². The molecule has 5 aliphatic carbocycles. The number of hydrogen-bond donors (Lipinski definition) is 7. The molecule has 21 heteroatoms. The van der Waals surface area contributed by atoms with E-state index in [-0.39, 0.29) is 84.1 Å². The van der Waals surface area contributed by atoms with Crippen molar-refractivity contribution >= 4 is 18.7 Å². The Morgan fingerprint density at radius 3 is 1.96 bits per heavy atom. The van der Waals surface area contributed by atoms with Crippen molar-refractivity contribution in [3.8, 4) is 0 Å². The lowest BCUT2D eigenvalue weighted by molar-refractivity contribution is -0.372. The third-order valence-electron chi connectivity index (χ3n) is 23.3. The van der Waals surface area contributed by atoms with E-state index in [1.165, 1.54) is 26.9 Å². The standard InChI is InChI=1S/C64H108O21/c1-16-34(3)41(75-12)26-37(67)28-47(70)81-42(35(4)17-2)27-38(68)29-48(71)83-52-49(72)36(5)80-56(54(52)78-15)85-58(74)64-25-24-59(6,7)30-40(64)39-18-19-44-60(8)22-21-46(82-57-53(77-14)51(76-13)50(73)55(84-57)79-33-66)61(9,32-65)43(60)20-23-62(44,10)63(39,11)31-45(64)69/h18,32-38,40-46,48-58,67-69,71-74H,16-17,19-31H2,1-15H3/t34?,35-,36?,37?,38+,40?,41?,42-,43+,44?,45?,46?,48?,49?,50?,51?,52?,53?,54?,55+,56-,57?,58?,60?,61?,62?,63?,64?/m0/s1. The van der Waals surface area contributed by atoms with Gasteiger partial charge in [-0.2, -0.15) is 0 Å². The number of carbonyl (C=O) groups is 3. The molecule has 22 unspecified atom stereocenters. The monoisotopic (exact) mass is 1210 g/mol. The van der Waals surface area contributed by atoms with Crippen LogP contribution in [0.15, 0.2) is 11.6 Å². The fourth-order valence-electron chi connectivity index (χ4n) is 17.5. The second-order valence-corrected chi connectivity index (χ2v) is 28.4. The van der Waals surface area contributed by atoms with Gasteiger partial charge in [0.15, 0.2) is 25.2 Å². The summed E-state index contributed by atoms with van der Waals surface area (Å²) in [6.45, 7) is 23.0. The molecule has 4 saturated carbocycles. The molecular formula is C64H108O21. The van der Waals surface area contributed by atoms with Crippen LogP contribution in [-0.4, -0.2) is 194 Å². The summed E-state index contributed by atoms with van der Waals surface area (Å²) in [7, 11) is 5.82. The molecule has 85 heavy (non-hydrogen) atoms. The van der Waals surface area contributed by atoms with Crippen LogP contribution in [0.5, 0.6) is 0 Å². The number of aldehydes is 1. The molecule has 0 amide bonds. The van der Waals surface area contributed by atoms with Crippen LogP contribution in [-0.2, 0) is 66.5 Å². The molecule has 7 N–H and O–H groups in total. The van der Waals surface area contributed by atoms with Crippen LogP contribution in [0.1, 0.15) is 172 Å². The Morgan fingerprint density at radius 2 is 1.35 bits per heavy atom. The summed E-state index contributed by atoms with van der Waals surface area (Å²) < 4.78 is 65.6. The molecule has 2 saturated heterocycles. The zero-order valence-corrected chi connectivity index (χ0v) is 53.5. The minimum atomic E-state index is -1.64. The van der Waals surface area contributed by atoms with E-state index < -0.39 is 127 Å². The van der Waals surface area contributed by atoms with Gasteiger partial charge in [-0.15, -0.1) is 0 Å². The summed E-state index contributed by atoms with van der Waals surface area (Å²) in [5.74, 6) is -0.970. The fraction of sp³-hybridized carbons (Fsp3) is 0.922. The second kappa shape index (κ2) is 28.1. The number of fused-ring (bicyclic) bond motifs is 7. The third-order valence-corrected chi connectivity index (χ3v) is 23.3. The van der Waals surface area contributed by atoms with Gasteiger partial charge in [-0.05, 0) is 116 Å². The van der Waals surface area contributed by atoms with Crippen LogP contribution in [0.2, 0.25) is 0 Å². The van der Waals surface area contributed by atoms with Gasteiger partial charge < -0.3 is 92.6 Å². The van der Waals surface area contributed by atoms with Gasteiger partial charge in [0.1, 0.15) is 49.0 Å². The van der Waals surface area contributed by atoms with Crippen molar-refractivity contribution in [2.24, 2.45) is 62.1 Å². The quantitative estimate of drug-likeness (QED) is 0.0162. The van der Waals surface area contributed by atoms with Crippen LogP contribution >= 0.6 is 0 Å². The highest BCUT2D eigenvalue weighted by Crippen LogP contribution is 2.76. The molecule has 2 aliphatic heterocycles. The van der Waals surface area contributed by atoms with E-state index in [2.05, 4.69) is 40.7 Å². The molecule has 0 bridgehead atoms. The third kappa shape index (κ3) is 13.4. The second-order valence-electron chi connectivity index (χ2n) is 28.4. The number of esters is 1. The minimum absolute atomic E-state index is 0.0324. The largest absolute Gasteiger partial charge is 0.462 e. The van der Waals surface area contributed by atoms with Crippen LogP contribution in [0.3, 0.4) is 0 Å². The van der Waals surface area contributed by atoms with Gasteiger partial charge in [0.05, 0.1) is 53.9 Å². The molecule has 0 radical (unpaired) electrons. The average molecular weight is 1210 g/mol. The lowest BCUT2D eigenvalue weighted by Gasteiger charge is -2.72. The molecule has 7 rings (SSSR count). The van der Waals surface area contributed by atoms with Crippen molar-refractivity contribution in [3.63, 3.8) is 0 Å². The van der Waals surface area contributed by atoms with Crippen molar-refractivity contribution in [1.82, 2.24) is 0 Å². The highest BCUT2D eigenvalue weighted by Gasteiger charge is 2.72. The highest BCUT2D eigenvalue weighted by atomic mass is 16.8. The van der Waals surface area contributed by atoms with Crippen molar-refractivity contribution in [2.45, 2.75) is 283 Å². The molecule has 28 atom stereocenters. The lowest BCUT2D eigenvalue weighted by Crippen LogP contribution is -2.69. The normalized spacial score (nSPS) is 43.6. The number of rotatable bonds is 27. The first-order valence-corrected chi connectivity index (χ1v) is 31.6. The number of aliphatic hydroxyl groups is 7. The molecule has 490 valence electrons. The highest BCUT2D eigenvalue weighted by molar-refractivity contribution is 5.70. The number of hydrogen-bond acceptors (Lipinski definition) is 21. The summed E-state index contributed by atoms with van der Waals surface area (Å²) in [5, 5.41) is 82.1. The van der Waals surface area contributed by atoms with Crippen molar-refractivity contribution < 1.29 is 102 Å². The Kier molecular flexibility index (Phi) is 23.2. The number of methoxy groups -OCH3 is 4. The number of aliphatic hydroxyl groups excluding tert-OH is 7. The Bertz CT molecular complexity index is 2240. The molecule has 0 aromatic carbocycles. The maximum absolute atomic E-state index is 13.7. The molecule has 6 fully saturated rings. The molecule has 0 aromatic heterocycles. The molecular weight excluding hydrogens is 1100 g/mol. The summed E-state index contributed by atoms with van der Waals surface area (Å²) in [6, 6.07) is 0. The average Bonchev–Trinajstić information content (AvgIpc) is 0.750. The molecule has 0 spiro atoms. The maximum Gasteiger partial charge on any atom is 0.308 e. The predicted molar refractivity (Wildman–Crippen MR) is 308 cm³/mol. The molecule has 0 aromatic rings. The zero-order valence-electron chi connectivity index (χ0n) is 53.5. The SMILES string of the molecule is CCC(C)C(CC(O)CC(=O)O[C@@H](C[C@@H](O)CC(O)OC1C(O)C(C)O[C@@H](OC(O)C23CCC(C)(C)CC2C2=CCC4C5(C)CCC(OC6O[C@@H](OC=O)C(O)C(OC)C6OC)C(C)(C=O)[C@@H]5CCC4(C)C2(C)CC3O)C1OC)[C@@H](C)CC)OC. The number of carbonyl (C=O) groups excluding carboxylic acids is 3. The van der Waals surface area contributed by atoms with Gasteiger partial charge in [-0.3, -0.25) is 9.59 Å². The fourth-order valence-corrected chi connectivity index (χ4v) is 17.5. The molecule has 21 nitrogen and oxygen atoms in total. The summed E-state index contributed by atoms with van der Waals surface area (Å²) in [5.41, 5.74) is -2.44. The van der Waals surface area contributed by atoms with Gasteiger partial charge in [-0.25, -0.2) is 0 Å². The number of ether oxygens (including phenoxy) is 11. The first-order chi connectivity index (χ1) is 40.0. The molecule has 2 heterocycles. The van der Waals surface area contributed by atoms with Gasteiger partial charge in [0.2, 0.25) is 6.29 Å². The topological polar surface area (TPSA) is 294 Å². The minimum Gasteiger partial charge on any atom is -0.462 e. The first kappa shape index (κ1) is 70.2. The van der Waals surface area contributed by atoms with E-state index in [1.807, 2.05) is 34.6 Å². The number of allylic oxidation sites excluding steroid dienone is 2. The summed E-state index contributed by atoms with van der Waals surface area (Å²) in [6.07, 6.45) is -9.91. The van der Waals surface area contributed by atoms with E-state index in [9.17, 15) is 50.1 Å². The Morgan fingerprint density at radius 1 is 0.718 bits per heavy atom. The van der Waals surface area contributed by atoms with E-state index in [4.69, 9.17) is 52.1 Å². The van der Waals surface area contributed by atoms with Crippen LogP contribution in [0, 0.1) is 62.1 Å². The van der Waals surface area contributed by atoms with Gasteiger partial charge in [0.25, 0.3) is 6.47 Å². The van der Waals surface area contributed by atoms with E-state index in [0.717, 1.165) is 19.1 Å². The maximum atomic E-state index is 13.7. The van der Waals surface area contributed by atoms with Crippen LogP contribution < -0.4 is 0 Å². The summed E-state index contributed by atoms with van der Waals surface area (Å²) >= 11 is 0. The Hall–Kier alpha value is -2.29. The smallest absolute Gasteiger partial charge is 0.308 e. The van der Waals surface area contributed by atoms with E-state index in [1.54, 1.807) is 14.0 Å². The van der Waals surface area contributed by atoms with Gasteiger partial charge in [-0.1, -0.05) is 93.7 Å². The van der Waals surface area contributed by atoms with Gasteiger partial charge in [0, 0.05) is 47.7 Å². The zero-order chi connectivity index (χ0) is 62.9. The lowest BCUT2D eigenvalue weighted by atomic mass is 9.33. The Balaban J connectivity index is 1.07. The predicted octanol–water partition coefficient (Wildman–Crippen LogP) is 6.03. The van der Waals surface area contributed by atoms with Crippen molar-refractivity contribution in [1.29, 1.82) is 0 Å². The van der Waals surface area contributed by atoms with Crippen LogP contribution in [0.25, 0.3) is 0 Å². The van der Waals surface area contributed by atoms with E-state index >= 15 is 0 Å². The van der Waals surface area contributed by atoms with Gasteiger partial charge >= 0.3 is 5.97 Å².